The van der Waals surface area contributed by atoms with E-state index in [-0.39, 0.29) is 11.8 Å². The zero-order valence-corrected chi connectivity index (χ0v) is 14.0. The molecule has 1 heterocycles. The van der Waals surface area contributed by atoms with Crippen LogP contribution < -0.4 is 0 Å². The summed E-state index contributed by atoms with van der Waals surface area (Å²) in [5, 5.41) is 0. The van der Waals surface area contributed by atoms with E-state index in [1.165, 1.54) is 21.2 Å². The van der Waals surface area contributed by atoms with Gasteiger partial charge >= 0.3 is 30.0 Å². The van der Waals surface area contributed by atoms with Crippen LogP contribution in [-0.2, 0) is 16.3 Å². The quantitative estimate of drug-likeness (QED) is 0.479. The maximum atomic E-state index is 11.8. The minimum atomic E-state index is -0.177. The number of carbonyl (C=O) groups is 2. The van der Waals surface area contributed by atoms with Gasteiger partial charge < -0.3 is 6.92 Å². The molecular formula is C12H12BrNO2Zn. The molecule has 5 heteroatoms. The third kappa shape index (κ3) is 3.02. The molecule has 0 radical (unpaired) electrons. The number of amides is 2. The van der Waals surface area contributed by atoms with Gasteiger partial charge in [-0.25, -0.2) is 0 Å². The molecule has 86 valence electrons. The third-order valence-electron chi connectivity index (χ3n) is 2.51. The fourth-order valence-corrected chi connectivity index (χ4v) is 1.71. The fraction of sp³-hybridized carbons (Fsp3) is 0.250. The van der Waals surface area contributed by atoms with Gasteiger partial charge in [0.25, 0.3) is 11.8 Å². The predicted molar refractivity (Wildman–Crippen MR) is 65.3 cm³/mol. The molecule has 0 aliphatic carbocycles. The van der Waals surface area contributed by atoms with Crippen molar-refractivity contribution in [2.24, 2.45) is 0 Å². The van der Waals surface area contributed by atoms with Crippen LogP contribution in [0.4, 0.5) is 0 Å². The molecule has 1 aromatic rings. The number of rotatable bonds is 3. The van der Waals surface area contributed by atoms with Gasteiger partial charge in [-0.05, 0) is 12.1 Å². The Morgan fingerprint density at radius 3 is 2.00 bits per heavy atom. The normalized spacial score (nSPS) is 13.3. The van der Waals surface area contributed by atoms with E-state index in [2.05, 4.69) is 20.5 Å². The summed E-state index contributed by atoms with van der Waals surface area (Å²) in [7, 11) is 0. The third-order valence-corrected chi connectivity index (χ3v) is 2.51. The standard InChI is InChI=1S/C12H12NO2.BrH.Zn/c1-2-3-8-13-11(14)9-6-4-5-7-10(9)12(13)15;;/h4-7H,1-3,8H2;1H;/q-1;;+2/p-1. The molecular weight excluding hydrogens is 335 g/mol. The number of carbonyl (C=O) groups excluding carboxylic acids is 2. The number of hydrogen-bond acceptors (Lipinski definition) is 2. The Morgan fingerprint density at radius 2 is 1.59 bits per heavy atom. The summed E-state index contributed by atoms with van der Waals surface area (Å²) in [6.07, 6.45) is 1.48. The predicted octanol–water partition coefficient (Wildman–Crippen LogP) is 2.74. The summed E-state index contributed by atoms with van der Waals surface area (Å²) in [4.78, 5) is 24.9. The zero-order valence-electron chi connectivity index (χ0n) is 9.49. The molecule has 0 N–H and O–H groups in total. The molecule has 0 aromatic heterocycles. The Balaban J connectivity index is 0.000000686. The number of unbranched alkanes of at least 4 members (excludes halogenated alkanes) is 1. The monoisotopic (exact) mass is 345 g/mol. The van der Waals surface area contributed by atoms with Crippen LogP contribution in [0.15, 0.2) is 24.3 Å². The van der Waals surface area contributed by atoms with Crippen molar-refractivity contribution in [1.29, 1.82) is 0 Å². The molecule has 1 aromatic carbocycles. The second-order valence-electron chi connectivity index (χ2n) is 3.51. The van der Waals surface area contributed by atoms with E-state index in [4.69, 9.17) is 0 Å². The first-order valence-electron chi connectivity index (χ1n) is 5.27. The van der Waals surface area contributed by atoms with E-state index < -0.39 is 0 Å². The molecule has 0 bridgehead atoms. The first kappa shape index (κ1) is 14.5. The number of hydrogen-bond donors (Lipinski definition) is 0. The van der Waals surface area contributed by atoms with Crippen molar-refractivity contribution in [3.63, 3.8) is 0 Å². The van der Waals surface area contributed by atoms with Crippen molar-refractivity contribution in [2.45, 2.75) is 12.8 Å². The van der Waals surface area contributed by atoms with Crippen molar-refractivity contribution in [1.82, 2.24) is 4.90 Å². The molecule has 2 rings (SSSR count). The summed E-state index contributed by atoms with van der Waals surface area (Å²) >= 11 is 4.25. The van der Waals surface area contributed by atoms with Crippen molar-refractivity contribution in [3.05, 3.63) is 42.3 Å². The van der Waals surface area contributed by atoms with Gasteiger partial charge in [-0.15, -0.1) is 0 Å². The molecule has 0 atom stereocenters. The zero-order chi connectivity index (χ0) is 12.8. The summed E-state index contributed by atoms with van der Waals surface area (Å²) < 4.78 is 0. The van der Waals surface area contributed by atoms with Crippen LogP contribution in [0.1, 0.15) is 33.6 Å². The van der Waals surface area contributed by atoms with Crippen LogP contribution in [0, 0.1) is 6.92 Å². The number of halogens is 1. The van der Waals surface area contributed by atoms with Crippen LogP contribution in [0.25, 0.3) is 0 Å². The van der Waals surface area contributed by atoms with Gasteiger partial charge in [0.1, 0.15) is 0 Å². The summed E-state index contributed by atoms with van der Waals surface area (Å²) in [5.41, 5.74) is 1.04. The Morgan fingerprint density at radius 1 is 1.12 bits per heavy atom. The Hall–Kier alpha value is -0.537. The maximum absolute atomic E-state index is 11.8. The van der Waals surface area contributed by atoms with Crippen molar-refractivity contribution in [2.75, 3.05) is 6.54 Å². The summed E-state index contributed by atoms with van der Waals surface area (Å²) in [6.45, 7) is 4.16. The molecule has 0 saturated carbocycles. The van der Waals surface area contributed by atoms with Gasteiger partial charge in [-0.1, -0.05) is 18.6 Å². The van der Waals surface area contributed by atoms with E-state index >= 15 is 0 Å². The molecule has 1 aliphatic rings. The van der Waals surface area contributed by atoms with Crippen LogP contribution in [0.2, 0.25) is 0 Å². The van der Waals surface area contributed by atoms with Crippen molar-refractivity contribution >= 4 is 25.4 Å². The molecule has 3 nitrogen and oxygen atoms in total. The van der Waals surface area contributed by atoms with Crippen LogP contribution in [-0.4, -0.2) is 23.3 Å². The molecule has 0 spiro atoms. The van der Waals surface area contributed by atoms with Crippen molar-refractivity contribution < 1.29 is 25.9 Å². The molecule has 0 unspecified atom stereocenters. The SMILES string of the molecule is [CH2-]CCCN1C(=O)c2ccccc2C1=O.[Zn+][Br]. The van der Waals surface area contributed by atoms with E-state index in [0.717, 1.165) is 12.8 Å². The molecule has 2 amide bonds. The first-order chi connectivity index (χ1) is 8.25. The van der Waals surface area contributed by atoms with E-state index in [9.17, 15) is 9.59 Å². The molecule has 17 heavy (non-hydrogen) atoms. The van der Waals surface area contributed by atoms with Gasteiger partial charge in [-0.3, -0.25) is 14.5 Å². The van der Waals surface area contributed by atoms with E-state index in [1.807, 2.05) is 0 Å². The van der Waals surface area contributed by atoms with Crippen LogP contribution in [0.3, 0.4) is 0 Å². The second-order valence-corrected chi connectivity index (χ2v) is 3.51. The van der Waals surface area contributed by atoms with Crippen molar-refractivity contribution in [3.8, 4) is 0 Å². The van der Waals surface area contributed by atoms with Crippen LogP contribution >= 0.6 is 13.6 Å². The topological polar surface area (TPSA) is 37.4 Å². The molecule has 1 aliphatic heterocycles. The average Bonchev–Trinajstić information content (AvgIpc) is 2.63. The minimum absolute atomic E-state index is 0.177. The molecule has 0 saturated heterocycles. The van der Waals surface area contributed by atoms with Crippen LogP contribution in [0.5, 0.6) is 0 Å². The number of benzene rings is 1. The van der Waals surface area contributed by atoms with E-state index in [0.29, 0.717) is 17.7 Å². The summed E-state index contributed by atoms with van der Waals surface area (Å²) in [6, 6.07) is 6.93. The first-order valence-corrected chi connectivity index (χ1v) is 12.2. The van der Waals surface area contributed by atoms with Gasteiger partial charge in [0.2, 0.25) is 0 Å². The second kappa shape index (κ2) is 7.02. The van der Waals surface area contributed by atoms with Gasteiger partial charge in [0.05, 0.1) is 11.1 Å². The average molecular weight is 348 g/mol. The number of imide groups is 1. The number of nitrogens with zero attached hydrogens (tertiary/aromatic N) is 1. The summed E-state index contributed by atoms with van der Waals surface area (Å²) in [5.74, 6) is -0.354. The van der Waals surface area contributed by atoms with Gasteiger partial charge in [0.15, 0.2) is 0 Å². The fourth-order valence-electron chi connectivity index (χ4n) is 1.71. The Kier molecular flexibility index (Phi) is 6.00. The Labute approximate surface area is 118 Å². The van der Waals surface area contributed by atoms with Gasteiger partial charge in [-0.2, -0.15) is 6.42 Å². The van der Waals surface area contributed by atoms with Gasteiger partial charge in [0, 0.05) is 6.54 Å². The number of fused-ring (bicyclic) bond motifs is 1. The Bertz CT molecular complexity index is 388. The van der Waals surface area contributed by atoms with E-state index in [1.54, 1.807) is 24.3 Å². The molecule has 0 fully saturated rings.